The molecule has 0 heterocycles. The Morgan fingerprint density at radius 3 is 1.07 bits per heavy atom. The molecule has 2 N–H and O–H groups in total. The van der Waals surface area contributed by atoms with Crippen molar-refractivity contribution < 1.29 is 28.7 Å². The molecule has 0 radical (unpaired) electrons. The van der Waals surface area contributed by atoms with Gasteiger partial charge in [-0.15, -0.1) is 0 Å². The average molecular weight is 537 g/mol. The van der Waals surface area contributed by atoms with E-state index in [1.54, 1.807) is 111 Å². The minimum atomic E-state index is -0.357. The van der Waals surface area contributed by atoms with Gasteiger partial charge in [-0.2, -0.15) is 0 Å². The van der Waals surface area contributed by atoms with E-state index in [0.29, 0.717) is 33.8 Å². The minimum Gasteiger partial charge on any atom is -0.497 e. The van der Waals surface area contributed by atoms with Gasteiger partial charge in [-0.1, -0.05) is 24.3 Å². The molecule has 0 aromatic heterocycles. The highest BCUT2D eigenvalue weighted by Gasteiger charge is 2.12. The second-order valence-electron chi connectivity index (χ2n) is 8.82. The van der Waals surface area contributed by atoms with E-state index in [4.69, 9.17) is 9.47 Å². The van der Waals surface area contributed by atoms with E-state index in [-0.39, 0.29) is 36.5 Å². The van der Waals surface area contributed by atoms with Crippen molar-refractivity contribution in [1.29, 1.82) is 0 Å². The van der Waals surface area contributed by atoms with E-state index in [2.05, 4.69) is 10.6 Å². The summed E-state index contributed by atoms with van der Waals surface area (Å²) in [6, 6.07) is 27.3. The molecule has 0 aliphatic carbocycles. The van der Waals surface area contributed by atoms with Crippen LogP contribution in [-0.2, 0) is 0 Å². The molecule has 0 saturated carbocycles. The van der Waals surface area contributed by atoms with Crippen molar-refractivity contribution in [2.24, 2.45) is 0 Å². The zero-order valence-electron chi connectivity index (χ0n) is 22.1. The number of methoxy groups -OCH3 is 2. The molecule has 0 spiro atoms. The fourth-order valence-corrected chi connectivity index (χ4v) is 3.91. The van der Waals surface area contributed by atoms with Gasteiger partial charge in [-0.25, -0.2) is 0 Å². The maximum absolute atomic E-state index is 12.5. The Kier molecular flexibility index (Phi) is 9.04. The van der Waals surface area contributed by atoms with Gasteiger partial charge in [0.25, 0.3) is 11.8 Å². The quantitative estimate of drug-likeness (QED) is 0.271. The summed E-state index contributed by atoms with van der Waals surface area (Å²) in [5.41, 5.74) is 3.52. The summed E-state index contributed by atoms with van der Waals surface area (Å²) >= 11 is 0. The number of hydrogen-bond acceptors (Lipinski definition) is 6. The molecular formula is C32H28N2O6. The zero-order chi connectivity index (χ0) is 28.5. The second kappa shape index (κ2) is 13.0. The lowest BCUT2D eigenvalue weighted by Crippen LogP contribution is -2.29. The summed E-state index contributed by atoms with van der Waals surface area (Å²) in [5.74, 6) is 0.171. The van der Waals surface area contributed by atoms with Crippen LogP contribution in [0, 0.1) is 0 Å². The van der Waals surface area contributed by atoms with Crippen molar-refractivity contribution in [1.82, 2.24) is 10.6 Å². The van der Waals surface area contributed by atoms with Crippen molar-refractivity contribution >= 4 is 23.4 Å². The first-order valence-corrected chi connectivity index (χ1v) is 12.5. The minimum absolute atomic E-state index is 0.123. The maximum Gasteiger partial charge on any atom is 0.251 e. The fourth-order valence-electron chi connectivity index (χ4n) is 3.91. The third-order valence-electron chi connectivity index (χ3n) is 6.27. The van der Waals surface area contributed by atoms with Crippen molar-refractivity contribution in [3.05, 3.63) is 119 Å². The summed E-state index contributed by atoms with van der Waals surface area (Å²) < 4.78 is 10.2. The normalized spacial score (nSPS) is 10.3. The van der Waals surface area contributed by atoms with Crippen molar-refractivity contribution in [2.45, 2.75) is 0 Å². The predicted molar refractivity (Wildman–Crippen MR) is 151 cm³/mol. The van der Waals surface area contributed by atoms with Gasteiger partial charge in [-0.3, -0.25) is 19.2 Å². The van der Waals surface area contributed by atoms with Crippen LogP contribution in [0.1, 0.15) is 41.4 Å². The van der Waals surface area contributed by atoms with E-state index in [0.717, 1.165) is 11.1 Å². The summed E-state index contributed by atoms with van der Waals surface area (Å²) in [6.07, 6.45) is 0. The molecule has 4 rings (SSSR count). The molecule has 4 aromatic carbocycles. The number of amides is 2. The van der Waals surface area contributed by atoms with Crippen molar-refractivity contribution in [2.75, 3.05) is 27.3 Å². The standard InChI is InChI=1S/C32H28N2O6/c1-39-27-15-11-23(12-16-27)29(35)19-33-31(37)25-7-3-21(4-8-25)22-5-9-26(10-6-22)32(38)34-20-30(36)24-13-17-28(40-2)18-14-24/h3-18H,19-20H2,1-2H3,(H,33,37)(H,34,38). The number of nitrogens with one attached hydrogen (secondary N) is 2. The highest BCUT2D eigenvalue weighted by molar-refractivity contribution is 6.03. The van der Waals surface area contributed by atoms with Gasteiger partial charge in [0.05, 0.1) is 27.3 Å². The SMILES string of the molecule is COc1ccc(C(=O)CNC(=O)c2ccc(-c3ccc(C(=O)NCC(=O)c4ccc(OC)cc4)cc3)cc2)cc1. The third-order valence-corrected chi connectivity index (χ3v) is 6.27. The number of hydrogen-bond donors (Lipinski definition) is 2. The Morgan fingerprint density at radius 2 is 0.775 bits per heavy atom. The van der Waals surface area contributed by atoms with Crippen LogP contribution < -0.4 is 20.1 Å². The molecule has 202 valence electrons. The van der Waals surface area contributed by atoms with Crippen LogP contribution in [0.15, 0.2) is 97.1 Å². The summed E-state index contributed by atoms with van der Waals surface area (Å²) in [4.78, 5) is 49.7. The molecular weight excluding hydrogens is 508 g/mol. The molecule has 8 heteroatoms. The lowest BCUT2D eigenvalue weighted by Gasteiger charge is -2.08. The molecule has 0 bridgehead atoms. The van der Waals surface area contributed by atoms with Gasteiger partial charge in [0.1, 0.15) is 11.5 Å². The molecule has 0 unspecified atom stereocenters. The molecule has 2 amide bonds. The van der Waals surface area contributed by atoms with Gasteiger partial charge in [0, 0.05) is 22.3 Å². The number of ketones is 2. The molecule has 40 heavy (non-hydrogen) atoms. The summed E-state index contributed by atoms with van der Waals surface area (Å²) in [6.45, 7) is -0.246. The Labute approximate surface area is 231 Å². The zero-order valence-corrected chi connectivity index (χ0v) is 22.1. The Balaban J connectivity index is 1.29. The van der Waals surface area contributed by atoms with Gasteiger partial charge in [0.2, 0.25) is 0 Å². The molecule has 0 fully saturated rings. The predicted octanol–water partition coefficient (Wildman–Crippen LogP) is 4.60. The lowest BCUT2D eigenvalue weighted by atomic mass is 10.0. The first-order chi connectivity index (χ1) is 19.4. The topological polar surface area (TPSA) is 111 Å². The Morgan fingerprint density at radius 1 is 0.475 bits per heavy atom. The first kappa shape index (κ1) is 27.8. The van der Waals surface area contributed by atoms with Gasteiger partial charge in [-0.05, 0) is 83.9 Å². The van der Waals surface area contributed by atoms with Crippen LogP contribution in [0.5, 0.6) is 11.5 Å². The molecule has 0 atom stereocenters. The molecule has 0 saturated heterocycles. The number of carbonyl (C=O) groups is 4. The Hall–Kier alpha value is -5.24. The number of rotatable bonds is 11. The van der Waals surface area contributed by atoms with Crippen molar-refractivity contribution in [3.8, 4) is 22.6 Å². The number of Topliss-reactive ketones (excluding diaryl/α,β-unsaturated/α-hetero) is 2. The fraction of sp³-hybridized carbons (Fsp3) is 0.125. The van der Waals surface area contributed by atoms with E-state index in [9.17, 15) is 19.2 Å². The van der Waals surface area contributed by atoms with Gasteiger partial charge >= 0.3 is 0 Å². The smallest absolute Gasteiger partial charge is 0.251 e. The lowest BCUT2D eigenvalue weighted by molar-refractivity contribution is 0.0903. The van der Waals surface area contributed by atoms with Gasteiger partial charge < -0.3 is 20.1 Å². The highest BCUT2D eigenvalue weighted by atomic mass is 16.5. The van der Waals surface area contributed by atoms with E-state index in [1.807, 2.05) is 0 Å². The molecule has 0 aliphatic rings. The second-order valence-corrected chi connectivity index (χ2v) is 8.82. The van der Waals surface area contributed by atoms with Crippen LogP contribution in [-0.4, -0.2) is 50.7 Å². The molecule has 0 aliphatic heterocycles. The van der Waals surface area contributed by atoms with Crippen LogP contribution in [0.4, 0.5) is 0 Å². The first-order valence-electron chi connectivity index (χ1n) is 12.5. The number of carbonyl (C=O) groups excluding carboxylic acids is 4. The van der Waals surface area contributed by atoms with E-state index < -0.39 is 0 Å². The molecule has 8 nitrogen and oxygen atoms in total. The summed E-state index contributed by atoms with van der Waals surface area (Å²) in [5, 5.41) is 5.29. The summed E-state index contributed by atoms with van der Waals surface area (Å²) in [7, 11) is 3.10. The average Bonchev–Trinajstić information content (AvgIpc) is 3.02. The van der Waals surface area contributed by atoms with Crippen LogP contribution in [0.25, 0.3) is 11.1 Å². The maximum atomic E-state index is 12.5. The van der Waals surface area contributed by atoms with Crippen molar-refractivity contribution in [3.63, 3.8) is 0 Å². The largest absolute Gasteiger partial charge is 0.497 e. The van der Waals surface area contributed by atoms with Crippen LogP contribution in [0.3, 0.4) is 0 Å². The van der Waals surface area contributed by atoms with Crippen LogP contribution in [0.2, 0.25) is 0 Å². The van der Waals surface area contributed by atoms with Gasteiger partial charge in [0.15, 0.2) is 11.6 Å². The highest BCUT2D eigenvalue weighted by Crippen LogP contribution is 2.21. The van der Waals surface area contributed by atoms with E-state index in [1.165, 1.54) is 0 Å². The van der Waals surface area contributed by atoms with Crippen LogP contribution >= 0.6 is 0 Å². The van der Waals surface area contributed by atoms with E-state index >= 15 is 0 Å². The molecule has 4 aromatic rings. The Bertz CT molecular complexity index is 1380. The number of benzene rings is 4. The number of ether oxygens (including phenoxy) is 2. The monoisotopic (exact) mass is 536 g/mol. The third kappa shape index (κ3) is 6.99.